The molecule has 134 valence electrons. The van der Waals surface area contributed by atoms with Crippen molar-refractivity contribution in [1.82, 2.24) is 14.7 Å². The van der Waals surface area contributed by atoms with Gasteiger partial charge < -0.3 is 9.64 Å². The van der Waals surface area contributed by atoms with E-state index < -0.39 is 4.92 Å². The largest absolute Gasteiger partial charge is 0.496 e. The van der Waals surface area contributed by atoms with E-state index in [1.807, 2.05) is 0 Å². The lowest BCUT2D eigenvalue weighted by Crippen LogP contribution is -2.30. The summed E-state index contributed by atoms with van der Waals surface area (Å²) in [6.45, 7) is 3.34. The summed E-state index contributed by atoms with van der Waals surface area (Å²) in [4.78, 5) is 24.5. The quantitative estimate of drug-likeness (QED) is 0.579. The Morgan fingerprint density at radius 1 is 1.44 bits per heavy atom. The number of ether oxygens (including phenoxy) is 1. The van der Waals surface area contributed by atoms with E-state index in [1.165, 1.54) is 9.58 Å². The molecule has 9 heteroatoms. The lowest BCUT2D eigenvalue weighted by molar-refractivity contribution is -0.386. The van der Waals surface area contributed by atoms with E-state index in [-0.39, 0.29) is 23.8 Å². The van der Waals surface area contributed by atoms with Gasteiger partial charge in [-0.3, -0.25) is 19.6 Å². The number of hydrogen-bond donors (Lipinski definition) is 0. The first kappa shape index (κ1) is 18.7. The standard InChI is InChI=1S/C16H19ClN4O4/c1-10-16(21(23)24)11(2)20(18-10)9-15(22)19(3)8-12-7-13(17)5-6-14(12)25-4/h5-7H,8-9H2,1-4H3. The lowest BCUT2D eigenvalue weighted by atomic mass is 10.2. The summed E-state index contributed by atoms with van der Waals surface area (Å²) in [6, 6.07) is 5.18. The van der Waals surface area contributed by atoms with Crippen molar-refractivity contribution < 1.29 is 14.5 Å². The first-order valence-corrected chi connectivity index (χ1v) is 7.87. The Morgan fingerprint density at radius 3 is 2.68 bits per heavy atom. The molecule has 0 aliphatic rings. The smallest absolute Gasteiger partial charge is 0.312 e. The van der Waals surface area contributed by atoms with Crippen molar-refractivity contribution in [2.24, 2.45) is 0 Å². The van der Waals surface area contributed by atoms with Crippen LogP contribution in [0.5, 0.6) is 5.75 Å². The average Bonchev–Trinajstić information content (AvgIpc) is 2.81. The van der Waals surface area contributed by atoms with Crippen LogP contribution < -0.4 is 4.74 Å². The number of aryl methyl sites for hydroxylation is 1. The van der Waals surface area contributed by atoms with Crippen molar-refractivity contribution in [2.75, 3.05) is 14.2 Å². The number of hydrogen-bond acceptors (Lipinski definition) is 5. The van der Waals surface area contributed by atoms with Gasteiger partial charge in [-0.2, -0.15) is 5.10 Å². The molecule has 0 saturated heterocycles. The number of methoxy groups -OCH3 is 1. The predicted octanol–water partition coefficient (Wildman–Crippen LogP) is 2.73. The number of benzene rings is 1. The SMILES string of the molecule is COc1ccc(Cl)cc1CN(C)C(=O)Cn1nc(C)c([N+](=O)[O-])c1C. The van der Waals surface area contributed by atoms with Gasteiger partial charge in [-0.15, -0.1) is 0 Å². The molecule has 0 bridgehead atoms. The molecule has 1 aromatic heterocycles. The first-order valence-electron chi connectivity index (χ1n) is 7.49. The van der Waals surface area contributed by atoms with Gasteiger partial charge >= 0.3 is 5.69 Å². The Hall–Kier alpha value is -2.61. The zero-order valence-electron chi connectivity index (χ0n) is 14.4. The molecule has 8 nitrogen and oxygen atoms in total. The predicted molar refractivity (Wildman–Crippen MR) is 92.8 cm³/mol. The van der Waals surface area contributed by atoms with Crippen molar-refractivity contribution in [3.63, 3.8) is 0 Å². The average molecular weight is 367 g/mol. The number of rotatable bonds is 6. The molecule has 0 atom stereocenters. The number of likely N-dealkylation sites (N-methyl/N-ethyl adjacent to an activating group) is 1. The molecule has 2 rings (SSSR count). The number of carbonyl (C=O) groups is 1. The Bertz CT molecular complexity index is 819. The Morgan fingerprint density at radius 2 is 2.12 bits per heavy atom. The van der Waals surface area contributed by atoms with E-state index in [0.29, 0.717) is 23.0 Å². The molecule has 1 heterocycles. The Balaban J connectivity index is 2.15. The number of carbonyl (C=O) groups excluding carboxylic acids is 1. The highest BCUT2D eigenvalue weighted by atomic mass is 35.5. The van der Waals surface area contributed by atoms with Crippen molar-refractivity contribution >= 4 is 23.2 Å². The maximum atomic E-state index is 12.5. The number of amides is 1. The summed E-state index contributed by atoms with van der Waals surface area (Å²) in [5.74, 6) is 0.397. The summed E-state index contributed by atoms with van der Waals surface area (Å²) in [7, 11) is 3.19. The van der Waals surface area contributed by atoms with Gasteiger partial charge in [-0.05, 0) is 32.0 Å². The topological polar surface area (TPSA) is 90.5 Å². The van der Waals surface area contributed by atoms with Crippen molar-refractivity contribution in [3.05, 3.63) is 50.3 Å². The maximum absolute atomic E-state index is 12.5. The van der Waals surface area contributed by atoms with Crippen LogP contribution in [0, 0.1) is 24.0 Å². The van der Waals surface area contributed by atoms with Gasteiger partial charge in [0.05, 0.1) is 12.0 Å². The molecule has 0 fully saturated rings. The first-order chi connectivity index (χ1) is 11.7. The van der Waals surface area contributed by atoms with Gasteiger partial charge in [0.25, 0.3) is 0 Å². The highest BCUT2D eigenvalue weighted by molar-refractivity contribution is 6.30. The molecule has 25 heavy (non-hydrogen) atoms. The Labute approximate surface area is 150 Å². The fraction of sp³-hybridized carbons (Fsp3) is 0.375. The van der Waals surface area contributed by atoms with E-state index in [1.54, 1.807) is 46.2 Å². The minimum atomic E-state index is -0.487. The molecule has 0 aliphatic carbocycles. The molecule has 0 radical (unpaired) electrons. The summed E-state index contributed by atoms with van der Waals surface area (Å²) in [5.41, 5.74) is 1.34. The van der Waals surface area contributed by atoms with E-state index in [4.69, 9.17) is 16.3 Å². The second-order valence-corrected chi connectivity index (χ2v) is 6.08. The molecule has 0 saturated carbocycles. The molecule has 1 aromatic carbocycles. The molecule has 0 N–H and O–H groups in total. The van der Waals surface area contributed by atoms with Gasteiger partial charge in [-0.25, -0.2) is 0 Å². The van der Waals surface area contributed by atoms with Gasteiger partial charge in [0.1, 0.15) is 23.7 Å². The van der Waals surface area contributed by atoms with Crippen molar-refractivity contribution in [2.45, 2.75) is 26.9 Å². The summed E-state index contributed by atoms with van der Waals surface area (Å²) >= 11 is 6.00. The van der Waals surface area contributed by atoms with Crippen LogP contribution in [-0.4, -0.2) is 39.7 Å². The zero-order chi connectivity index (χ0) is 18.7. The van der Waals surface area contributed by atoms with E-state index >= 15 is 0 Å². The number of halogens is 1. The highest BCUT2D eigenvalue weighted by Gasteiger charge is 2.23. The molecular formula is C16H19ClN4O4. The van der Waals surface area contributed by atoms with Gasteiger partial charge in [0, 0.05) is 24.2 Å². The zero-order valence-corrected chi connectivity index (χ0v) is 15.2. The number of nitrogens with zero attached hydrogens (tertiary/aromatic N) is 4. The molecule has 0 unspecified atom stereocenters. The van der Waals surface area contributed by atoms with Crippen molar-refractivity contribution in [1.29, 1.82) is 0 Å². The van der Waals surface area contributed by atoms with Crippen molar-refractivity contribution in [3.8, 4) is 5.75 Å². The Kier molecular flexibility index (Phi) is 5.63. The third-order valence-electron chi connectivity index (χ3n) is 3.89. The van der Waals surface area contributed by atoms with Crippen LogP contribution in [0.3, 0.4) is 0 Å². The van der Waals surface area contributed by atoms with Crippen LogP contribution in [0.15, 0.2) is 18.2 Å². The fourth-order valence-electron chi connectivity index (χ4n) is 2.57. The fourth-order valence-corrected chi connectivity index (χ4v) is 2.76. The second kappa shape index (κ2) is 7.52. The summed E-state index contributed by atoms with van der Waals surface area (Å²) < 4.78 is 6.62. The minimum Gasteiger partial charge on any atom is -0.496 e. The monoisotopic (exact) mass is 366 g/mol. The number of nitro groups is 1. The van der Waals surface area contributed by atoms with Crippen LogP contribution in [0.25, 0.3) is 0 Å². The van der Waals surface area contributed by atoms with Crippen LogP contribution in [0.2, 0.25) is 5.02 Å². The van der Waals surface area contributed by atoms with Gasteiger partial charge in [-0.1, -0.05) is 11.6 Å². The summed E-state index contributed by atoms with van der Waals surface area (Å²) in [6.07, 6.45) is 0. The molecule has 2 aromatic rings. The second-order valence-electron chi connectivity index (χ2n) is 5.64. The van der Waals surface area contributed by atoms with E-state index in [0.717, 1.165) is 5.56 Å². The maximum Gasteiger partial charge on any atom is 0.312 e. The minimum absolute atomic E-state index is 0.0630. The van der Waals surface area contributed by atoms with Crippen LogP contribution in [-0.2, 0) is 17.9 Å². The van der Waals surface area contributed by atoms with Gasteiger partial charge in [0.15, 0.2) is 0 Å². The van der Waals surface area contributed by atoms with Crippen LogP contribution in [0.1, 0.15) is 17.0 Å². The summed E-state index contributed by atoms with van der Waals surface area (Å²) in [5, 5.41) is 15.7. The number of aromatic nitrogens is 2. The highest BCUT2D eigenvalue weighted by Crippen LogP contribution is 2.24. The van der Waals surface area contributed by atoms with Crippen LogP contribution in [0.4, 0.5) is 5.69 Å². The van der Waals surface area contributed by atoms with E-state index in [2.05, 4.69) is 5.10 Å². The third kappa shape index (κ3) is 4.08. The molecule has 1 amide bonds. The van der Waals surface area contributed by atoms with E-state index in [9.17, 15) is 14.9 Å². The van der Waals surface area contributed by atoms with Gasteiger partial charge in [0.2, 0.25) is 5.91 Å². The molecule has 0 spiro atoms. The lowest BCUT2D eigenvalue weighted by Gasteiger charge is -2.19. The normalized spacial score (nSPS) is 10.6. The molecule has 0 aliphatic heterocycles. The third-order valence-corrected chi connectivity index (χ3v) is 4.12. The van der Waals surface area contributed by atoms with Crippen LogP contribution >= 0.6 is 11.6 Å². The molecular weight excluding hydrogens is 348 g/mol.